The van der Waals surface area contributed by atoms with Gasteiger partial charge in [-0.05, 0) is 36.6 Å². The van der Waals surface area contributed by atoms with E-state index < -0.39 is 0 Å². The summed E-state index contributed by atoms with van der Waals surface area (Å²) in [7, 11) is 0. The fourth-order valence-corrected chi connectivity index (χ4v) is 3.70. The van der Waals surface area contributed by atoms with Crippen LogP contribution < -0.4 is 0 Å². The average Bonchev–Trinajstić information content (AvgIpc) is 3.18. The maximum Gasteiger partial charge on any atom is 0.249 e. The second-order valence-corrected chi connectivity index (χ2v) is 7.53. The normalized spacial score (nSPS) is 18.6. The summed E-state index contributed by atoms with van der Waals surface area (Å²) in [6, 6.07) is 3.93. The molecule has 0 radical (unpaired) electrons. The van der Waals surface area contributed by atoms with E-state index in [1.165, 1.54) is 0 Å². The third kappa shape index (κ3) is 3.99. The zero-order valence-electron chi connectivity index (χ0n) is 13.7. The lowest BCUT2D eigenvalue weighted by Crippen LogP contribution is -2.39. The van der Waals surface area contributed by atoms with E-state index in [0.29, 0.717) is 18.2 Å². The molecule has 0 N–H and O–H groups in total. The van der Waals surface area contributed by atoms with Gasteiger partial charge in [-0.15, -0.1) is 11.3 Å². The van der Waals surface area contributed by atoms with E-state index in [2.05, 4.69) is 24.0 Å². The Morgan fingerprint density at radius 3 is 3.09 bits per heavy atom. The Kier molecular flexibility index (Phi) is 5.10. The average molecular weight is 333 g/mol. The first-order valence-electron chi connectivity index (χ1n) is 8.28. The molecule has 0 aliphatic carbocycles. The number of hydrogen-bond donors (Lipinski definition) is 0. The van der Waals surface area contributed by atoms with Crippen LogP contribution in [-0.4, -0.2) is 27.5 Å². The smallest absolute Gasteiger partial charge is 0.249 e. The molecule has 6 heteroatoms. The Bertz CT molecular complexity index is 636. The van der Waals surface area contributed by atoms with Gasteiger partial charge in [-0.2, -0.15) is 4.98 Å². The molecular weight excluding hydrogens is 310 g/mol. The van der Waals surface area contributed by atoms with Gasteiger partial charge in [0.15, 0.2) is 5.82 Å². The number of nitrogens with zero attached hydrogens (tertiary/aromatic N) is 3. The molecule has 1 amide bonds. The molecular formula is C17H23N3O2S. The van der Waals surface area contributed by atoms with Crippen molar-refractivity contribution in [3.63, 3.8) is 0 Å². The van der Waals surface area contributed by atoms with Gasteiger partial charge in [0.1, 0.15) is 6.04 Å². The van der Waals surface area contributed by atoms with Crippen LogP contribution in [0.4, 0.5) is 0 Å². The summed E-state index contributed by atoms with van der Waals surface area (Å²) in [6.45, 7) is 5.04. The predicted octanol–water partition coefficient (Wildman–Crippen LogP) is 3.63. The van der Waals surface area contributed by atoms with Crippen LogP contribution in [0.3, 0.4) is 0 Å². The molecule has 2 aromatic rings. The second kappa shape index (κ2) is 7.25. The van der Waals surface area contributed by atoms with Crippen molar-refractivity contribution in [2.75, 3.05) is 6.54 Å². The molecule has 1 aliphatic heterocycles. The molecule has 124 valence electrons. The SMILES string of the molecule is CC(C)Cc1noc([C@H]2CCCCN2C(=O)Cc2cccs2)n1. The zero-order valence-corrected chi connectivity index (χ0v) is 14.5. The number of thiophene rings is 1. The summed E-state index contributed by atoms with van der Waals surface area (Å²) in [5, 5.41) is 6.09. The second-order valence-electron chi connectivity index (χ2n) is 6.50. The van der Waals surface area contributed by atoms with Gasteiger partial charge in [0.05, 0.1) is 6.42 Å². The molecule has 1 fully saturated rings. The van der Waals surface area contributed by atoms with Crippen molar-refractivity contribution >= 4 is 17.2 Å². The molecule has 1 saturated heterocycles. The van der Waals surface area contributed by atoms with E-state index in [0.717, 1.165) is 42.9 Å². The van der Waals surface area contributed by atoms with Gasteiger partial charge in [0, 0.05) is 17.8 Å². The Morgan fingerprint density at radius 1 is 1.48 bits per heavy atom. The van der Waals surface area contributed by atoms with Crippen LogP contribution in [0.25, 0.3) is 0 Å². The highest BCUT2D eigenvalue weighted by atomic mass is 32.1. The fraction of sp³-hybridized carbons (Fsp3) is 0.588. The number of hydrogen-bond acceptors (Lipinski definition) is 5. The van der Waals surface area contributed by atoms with E-state index in [4.69, 9.17) is 4.52 Å². The Labute approximate surface area is 140 Å². The van der Waals surface area contributed by atoms with Gasteiger partial charge in [-0.3, -0.25) is 4.79 Å². The highest BCUT2D eigenvalue weighted by molar-refractivity contribution is 7.10. The molecule has 0 aromatic carbocycles. The van der Waals surface area contributed by atoms with Crippen LogP contribution in [0.5, 0.6) is 0 Å². The molecule has 0 saturated carbocycles. The molecule has 5 nitrogen and oxygen atoms in total. The quantitative estimate of drug-likeness (QED) is 0.838. The number of aromatic nitrogens is 2. The first kappa shape index (κ1) is 16.2. The Hall–Kier alpha value is -1.69. The van der Waals surface area contributed by atoms with E-state index in [-0.39, 0.29) is 11.9 Å². The predicted molar refractivity (Wildman–Crippen MR) is 89.2 cm³/mol. The minimum atomic E-state index is -0.0652. The third-order valence-electron chi connectivity index (χ3n) is 4.09. The van der Waals surface area contributed by atoms with Gasteiger partial charge >= 0.3 is 0 Å². The van der Waals surface area contributed by atoms with Crippen molar-refractivity contribution in [1.29, 1.82) is 0 Å². The number of rotatable bonds is 5. The Morgan fingerprint density at radius 2 is 2.35 bits per heavy atom. The summed E-state index contributed by atoms with van der Waals surface area (Å²) >= 11 is 1.62. The summed E-state index contributed by atoms with van der Waals surface area (Å²) in [6.07, 6.45) is 4.30. The fourth-order valence-electron chi connectivity index (χ4n) is 3.00. The summed E-state index contributed by atoms with van der Waals surface area (Å²) < 4.78 is 5.47. The van der Waals surface area contributed by atoms with Crippen LogP contribution >= 0.6 is 11.3 Å². The van der Waals surface area contributed by atoms with Crippen LogP contribution in [0, 0.1) is 5.92 Å². The molecule has 3 heterocycles. The molecule has 3 rings (SSSR count). The zero-order chi connectivity index (χ0) is 16.2. The van der Waals surface area contributed by atoms with Crippen molar-refractivity contribution in [3.05, 3.63) is 34.1 Å². The minimum absolute atomic E-state index is 0.0652. The first-order valence-corrected chi connectivity index (χ1v) is 9.16. The maximum absolute atomic E-state index is 12.7. The lowest BCUT2D eigenvalue weighted by Gasteiger charge is -2.33. The van der Waals surface area contributed by atoms with Gasteiger partial charge in [0.2, 0.25) is 11.8 Å². The van der Waals surface area contributed by atoms with Gasteiger partial charge in [-0.1, -0.05) is 25.1 Å². The van der Waals surface area contributed by atoms with Crippen molar-refractivity contribution < 1.29 is 9.32 Å². The number of carbonyl (C=O) groups is 1. The lowest BCUT2D eigenvalue weighted by molar-refractivity contribution is -0.134. The highest BCUT2D eigenvalue weighted by Crippen LogP contribution is 2.31. The minimum Gasteiger partial charge on any atom is -0.337 e. The molecule has 1 aliphatic rings. The third-order valence-corrected chi connectivity index (χ3v) is 4.96. The molecule has 0 spiro atoms. The van der Waals surface area contributed by atoms with Crippen LogP contribution in [0.15, 0.2) is 22.0 Å². The van der Waals surface area contributed by atoms with Crippen LogP contribution in [0.1, 0.15) is 55.7 Å². The van der Waals surface area contributed by atoms with Gasteiger partial charge < -0.3 is 9.42 Å². The van der Waals surface area contributed by atoms with E-state index >= 15 is 0 Å². The van der Waals surface area contributed by atoms with Gasteiger partial charge in [-0.25, -0.2) is 0 Å². The topological polar surface area (TPSA) is 59.2 Å². The molecule has 1 atom stereocenters. The van der Waals surface area contributed by atoms with Gasteiger partial charge in [0.25, 0.3) is 0 Å². The molecule has 2 aromatic heterocycles. The van der Waals surface area contributed by atoms with Crippen molar-refractivity contribution in [2.24, 2.45) is 5.92 Å². The number of amides is 1. The van der Waals surface area contributed by atoms with E-state index in [9.17, 15) is 4.79 Å². The molecule has 0 unspecified atom stereocenters. The Balaban J connectivity index is 1.73. The monoisotopic (exact) mass is 333 g/mol. The highest BCUT2D eigenvalue weighted by Gasteiger charge is 2.32. The van der Waals surface area contributed by atoms with Crippen LogP contribution in [-0.2, 0) is 17.6 Å². The maximum atomic E-state index is 12.7. The summed E-state index contributed by atoms with van der Waals surface area (Å²) in [5.74, 6) is 1.98. The van der Waals surface area contributed by atoms with Crippen molar-refractivity contribution in [2.45, 2.75) is 52.0 Å². The van der Waals surface area contributed by atoms with E-state index in [1.807, 2.05) is 22.4 Å². The van der Waals surface area contributed by atoms with Crippen molar-refractivity contribution in [1.82, 2.24) is 15.0 Å². The van der Waals surface area contributed by atoms with Crippen LogP contribution in [0.2, 0.25) is 0 Å². The first-order chi connectivity index (χ1) is 11.1. The van der Waals surface area contributed by atoms with E-state index in [1.54, 1.807) is 11.3 Å². The molecule has 23 heavy (non-hydrogen) atoms. The summed E-state index contributed by atoms with van der Waals surface area (Å²) in [5.41, 5.74) is 0. The number of piperidine rings is 1. The number of likely N-dealkylation sites (tertiary alicyclic amines) is 1. The van der Waals surface area contributed by atoms with Crippen molar-refractivity contribution in [3.8, 4) is 0 Å². The largest absolute Gasteiger partial charge is 0.337 e. The number of carbonyl (C=O) groups excluding carboxylic acids is 1. The summed E-state index contributed by atoms with van der Waals surface area (Å²) in [4.78, 5) is 20.2. The lowest BCUT2D eigenvalue weighted by atomic mass is 10.0. The molecule has 0 bridgehead atoms. The standard InChI is InChI=1S/C17H23N3O2S/c1-12(2)10-15-18-17(22-19-15)14-7-3-4-8-20(14)16(21)11-13-6-5-9-23-13/h5-6,9,12,14H,3-4,7-8,10-11H2,1-2H3/t14-/m1/s1.